The molecule has 0 unspecified atom stereocenters. The molecule has 4 aromatic rings. The quantitative estimate of drug-likeness (QED) is 0.277. The molecule has 0 heterocycles. The Bertz CT molecular complexity index is 1530. The molecule has 210 valence electrons. The maximum absolute atomic E-state index is 13.6. The van der Waals surface area contributed by atoms with Crippen molar-refractivity contribution in [2.24, 2.45) is 0 Å². The monoisotopic (exact) mass is 576 g/mol. The summed E-state index contributed by atoms with van der Waals surface area (Å²) in [6.45, 7) is 2.11. The number of aliphatic carboxylic acids is 1. The molecule has 6 nitrogen and oxygen atoms in total. The van der Waals surface area contributed by atoms with Crippen LogP contribution in [-0.4, -0.2) is 35.8 Å². The molecule has 0 saturated carbocycles. The fourth-order valence-electron chi connectivity index (χ4n) is 4.53. The Morgan fingerprint density at radius 1 is 0.905 bits per heavy atom. The van der Waals surface area contributed by atoms with Gasteiger partial charge >= 0.3 is 18.9 Å². The predicted molar refractivity (Wildman–Crippen MR) is 159 cm³/mol. The molecule has 42 heavy (non-hydrogen) atoms. The van der Waals surface area contributed by atoms with Crippen LogP contribution in [-0.2, 0) is 11.3 Å². The molecule has 9 heteroatoms. The van der Waals surface area contributed by atoms with Gasteiger partial charge in [0.1, 0.15) is 5.82 Å². The van der Waals surface area contributed by atoms with Crippen molar-refractivity contribution in [3.05, 3.63) is 125 Å². The number of thioether (sulfide) groups is 1. The third-order valence-electron chi connectivity index (χ3n) is 6.71. The number of hydrogen-bond acceptors (Lipinski definition) is 5. The minimum atomic E-state index is -1.33. The Hall–Kier alpha value is -3.83. The summed E-state index contributed by atoms with van der Waals surface area (Å²) < 4.78 is 13.6. The minimum Gasteiger partial charge on any atom is -0.548 e. The first-order chi connectivity index (χ1) is 19.8. The number of carboxylic acid groups (broad SMARTS) is 1. The number of para-hydroxylation sites is 1. The Morgan fingerprint density at radius 2 is 1.57 bits per heavy atom. The van der Waals surface area contributed by atoms with Gasteiger partial charge in [-0.05, 0) is 96.1 Å². The van der Waals surface area contributed by atoms with Crippen molar-refractivity contribution >= 4 is 35.2 Å². The van der Waals surface area contributed by atoms with Gasteiger partial charge in [0.2, 0.25) is 0 Å². The van der Waals surface area contributed by atoms with Gasteiger partial charge in [-0.2, -0.15) is 11.8 Å². The van der Waals surface area contributed by atoms with E-state index in [2.05, 4.69) is 5.32 Å². The second kappa shape index (κ2) is 15.4. The number of halogens is 1. The van der Waals surface area contributed by atoms with Gasteiger partial charge in [0.25, 0.3) is 11.8 Å². The van der Waals surface area contributed by atoms with Crippen molar-refractivity contribution in [1.82, 2.24) is 5.32 Å². The Morgan fingerprint density at radius 3 is 2.21 bits per heavy atom. The molecule has 4 aromatic carbocycles. The van der Waals surface area contributed by atoms with Gasteiger partial charge in [0.05, 0.1) is 18.6 Å². The van der Waals surface area contributed by atoms with Gasteiger partial charge in [-0.3, -0.25) is 9.59 Å². The maximum atomic E-state index is 13.6. The zero-order valence-electron chi connectivity index (χ0n) is 23.8. The molecule has 1 atom stereocenters. The predicted octanol–water partition coefficient (Wildman–Crippen LogP) is 2.25. The summed E-state index contributed by atoms with van der Waals surface area (Å²) in [6, 6.07) is 26.3. The van der Waals surface area contributed by atoms with Crippen LogP contribution < -0.4 is 34.2 Å². The number of rotatable bonds is 11. The number of carbonyl (C=O) groups is 3. The molecule has 0 fully saturated rings. The van der Waals surface area contributed by atoms with Crippen molar-refractivity contribution in [2.75, 3.05) is 16.9 Å². The number of carboxylic acids is 1. The average molecular weight is 577 g/mol. The van der Waals surface area contributed by atoms with Gasteiger partial charge in [-0.15, -0.1) is 0 Å². The summed E-state index contributed by atoms with van der Waals surface area (Å²) in [6.07, 6.45) is 2.10. The molecule has 0 bridgehead atoms. The van der Waals surface area contributed by atoms with Crippen molar-refractivity contribution < 1.29 is 42.7 Å². The van der Waals surface area contributed by atoms with Gasteiger partial charge in [0.15, 0.2) is 0 Å². The second-order valence-electron chi connectivity index (χ2n) is 9.56. The molecule has 0 spiro atoms. The summed E-state index contributed by atoms with van der Waals surface area (Å²) >= 11 is 1.49. The summed E-state index contributed by atoms with van der Waals surface area (Å²) in [7, 11) is 0. The van der Waals surface area contributed by atoms with Crippen LogP contribution in [0.4, 0.5) is 10.1 Å². The van der Waals surface area contributed by atoms with Gasteiger partial charge in [-0.1, -0.05) is 48.5 Å². The molecular weight excluding hydrogens is 546 g/mol. The Labute approximate surface area is 261 Å². The number of hydrogen-bond donors (Lipinski definition) is 1. The van der Waals surface area contributed by atoms with E-state index >= 15 is 0 Å². The molecule has 1 N–H and O–H groups in total. The summed E-state index contributed by atoms with van der Waals surface area (Å²) in [5, 5.41) is 14.3. The number of nitrogens with zero attached hydrogens (tertiary/aromatic N) is 1. The first-order valence-corrected chi connectivity index (χ1v) is 14.5. The van der Waals surface area contributed by atoms with E-state index in [1.165, 1.54) is 36.0 Å². The topological polar surface area (TPSA) is 89.5 Å². The minimum absolute atomic E-state index is 0. The van der Waals surface area contributed by atoms with Crippen molar-refractivity contribution in [3.63, 3.8) is 0 Å². The summed E-state index contributed by atoms with van der Waals surface area (Å²) in [4.78, 5) is 40.3. The first-order valence-electron chi connectivity index (χ1n) is 13.1. The van der Waals surface area contributed by atoms with Crippen LogP contribution in [0.25, 0.3) is 11.1 Å². The fraction of sp³-hybridized carbons (Fsp3) is 0.182. The first kappa shape index (κ1) is 32.7. The number of anilines is 1. The molecule has 0 aliphatic heterocycles. The number of carbonyl (C=O) groups excluding carboxylic acids is 3. The molecule has 0 aliphatic carbocycles. The molecule has 2 amide bonds. The van der Waals surface area contributed by atoms with E-state index < -0.39 is 23.7 Å². The van der Waals surface area contributed by atoms with E-state index in [1.807, 2.05) is 73.8 Å². The summed E-state index contributed by atoms with van der Waals surface area (Å²) in [5.74, 6) is -2.04. The van der Waals surface area contributed by atoms with Crippen LogP contribution in [0, 0.1) is 12.7 Å². The van der Waals surface area contributed by atoms with E-state index in [-0.39, 0.29) is 37.7 Å². The van der Waals surface area contributed by atoms with Crippen LogP contribution >= 0.6 is 11.8 Å². The Balaban J connectivity index is 0.00000484. The molecular formula is C33H30FLiN2O4S. The van der Waals surface area contributed by atoms with Crippen molar-refractivity contribution in [3.8, 4) is 11.1 Å². The van der Waals surface area contributed by atoms with Crippen LogP contribution in [0.1, 0.15) is 38.3 Å². The third-order valence-corrected chi connectivity index (χ3v) is 7.35. The summed E-state index contributed by atoms with van der Waals surface area (Å²) in [5.41, 5.74) is 4.41. The normalized spacial score (nSPS) is 11.2. The maximum Gasteiger partial charge on any atom is 1.00 e. The van der Waals surface area contributed by atoms with Gasteiger partial charge in [-0.25, -0.2) is 4.39 Å². The fourth-order valence-corrected chi connectivity index (χ4v) is 5.00. The van der Waals surface area contributed by atoms with E-state index in [9.17, 15) is 23.9 Å². The zero-order valence-corrected chi connectivity index (χ0v) is 24.6. The third kappa shape index (κ3) is 8.13. The van der Waals surface area contributed by atoms with Gasteiger partial charge < -0.3 is 20.1 Å². The molecule has 4 rings (SSSR count). The molecule has 0 radical (unpaired) electrons. The standard InChI is InChI=1S/C33H31FN2O4S.Li/c1-22-8-6-7-11-27(22)29-20-23(12-17-28(29)31(37)35-30(33(39)40)18-19-41-2)21-36(26-9-4-3-5-10-26)32(38)24-13-15-25(34)16-14-24;/h3-17,20,30H,18-19,21H2,1-2H3,(H,35,37)(H,39,40);/q;+1/p-1/t30-;/m0./s1. The number of nitrogens with one attached hydrogen (secondary N) is 1. The molecule has 0 aliphatic rings. The second-order valence-corrected chi connectivity index (χ2v) is 10.5. The van der Waals surface area contributed by atoms with Gasteiger partial charge in [0, 0.05) is 16.8 Å². The zero-order chi connectivity index (χ0) is 29.4. The SMILES string of the molecule is CSCC[C@H](NC(=O)c1ccc(CN(C(=O)c2ccc(F)cc2)c2ccccc2)cc1-c1ccccc1C)C(=O)[O-].[Li+]. The van der Waals surface area contributed by atoms with Crippen LogP contribution in [0.15, 0.2) is 97.1 Å². The van der Waals surface area contributed by atoms with Crippen LogP contribution in [0.2, 0.25) is 0 Å². The van der Waals surface area contributed by atoms with Crippen molar-refractivity contribution in [1.29, 1.82) is 0 Å². The van der Waals surface area contributed by atoms with Crippen molar-refractivity contribution in [2.45, 2.75) is 25.9 Å². The van der Waals surface area contributed by atoms with E-state index in [0.717, 1.165) is 16.7 Å². The van der Waals surface area contributed by atoms with E-state index in [1.54, 1.807) is 17.0 Å². The largest absolute Gasteiger partial charge is 1.00 e. The van der Waals surface area contributed by atoms with Crippen LogP contribution in [0.3, 0.4) is 0 Å². The van der Waals surface area contributed by atoms with E-state index in [4.69, 9.17) is 0 Å². The number of amides is 2. The molecule has 0 saturated heterocycles. The molecule has 0 aromatic heterocycles. The smallest absolute Gasteiger partial charge is 0.548 e. The van der Waals surface area contributed by atoms with Crippen LogP contribution in [0.5, 0.6) is 0 Å². The average Bonchev–Trinajstić information content (AvgIpc) is 2.98. The Kier molecular flexibility index (Phi) is 12.0. The van der Waals surface area contributed by atoms with E-state index in [0.29, 0.717) is 28.1 Å². The number of benzene rings is 4. The number of aryl methyl sites for hydroxylation is 1.